The van der Waals surface area contributed by atoms with Crippen molar-refractivity contribution in [2.75, 3.05) is 11.9 Å². The molecule has 1 amide bonds. The molecule has 2 N–H and O–H groups in total. The second-order valence-electron chi connectivity index (χ2n) is 6.33. The van der Waals surface area contributed by atoms with Crippen LogP contribution in [0.4, 0.5) is 5.13 Å². The van der Waals surface area contributed by atoms with Gasteiger partial charge in [0.15, 0.2) is 0 Å². The average molecular weight is 392 g/mol. The molecule has 28 heavy (non-hydrogen) atoms. The summed E-state index contributed by atoms with van der Waals surface area (Å²) in [6.45, 7) is 2.64. The van der Waals surface area contributed by atoms with Gasteiger partial charge in [-0.2, -0.15) is 0 Å². The number of benzene rings is 2. The Kier molecular flexibility index (Phi) is 5.34. The quantitative estimate of drug-likeness (QED) is 0.487. The van der Waals surface area contributed by atoms with Crippen LogP contribution in [0.25, 0.3) is 10.9 Å². The summed E-state index contributed by atoms with van der Waals surface area (Å²) in [7, 11) is 0. The summed E-state index contributed by atoms with van der Waals surface area (Å²) in [6.07, 6.45) is 3.50. The first-order chi connectivity index (χ1) is 13.7. The first kappa shape index (κ1) is 18.2. The Morgan fingerprint density at radius 1 is 1.14 bits per heavy atom. The lowest BCUT2D eigenvalue weighted by atomic mass is 10.1. The molecule has 4 aromatic rings. The van der Waals surface area contributed by atoms with Crippen LogP contribution < -0.4 is 10.1 Å². The summed E-state index contributed by atoms with van der Waals surface area (Å²) >= 11 is 1.36. The van der Waals surface area contributed by atoms with Gasteiger partial charge in [0.25, 0.3) is 5.91 Å². The molecule has 0 unspecified atom stereocenters. The zero-order valence-corrected chi connectivity index (χ0v) is 16.3. The number of anilines is 1. The molecule has 7 heteroatoms. The highest BCUT2D eigenvalue weighted by Crippen LogP contribution is 2.19. The highest BCUT2D eigenvalue weighted by atomic mass is 32.1. The van der Waals surface area contributed by atoms with Crippen LogP contribution in [-0.4, -0.2) is 27.7 Å². The van der Waals surface area contributed by atoms with E-state index in [0.717, 1.165) is 28.1 Å². The normalized spacial score (nSPS) is 10.9. The van der Waals surface area contributed by atoms with Crippen LogP contribution in [0.1, 0.15) is 27.9 Å². The number of carbonyl (C=O) groups is 1. The van der Waals surface area contributed by atoms with Crippen LogP contribution in [0.2, 0.25) is 0 Å². The van der Waals surface area contributed by atoms with Gasteiger partial charge in [0, 0.05) is 23.7 Å². The molecule has 0 aliphatic rings. The molecule has 0 fully saturated rings. The Balaban J connectivity index is 1.31. The van der Waals surface area contributed by atoms with Crippen molar-refractivity contribution in [1.29, 1.82) is 0 Å². The maximum absolute atomic E-state index is 12.4. The molecule has 0 aliphatic heterocycles. The number of rotatable bonds is 7. The van der Waals surface area contributed by atoms with Crippen molar-refractivity contribution in [2.24, 2.45) is 0 Å². The monoisotopic (exact) mass is 392 g/mol. The van der Waals surface area contributed by atoms with Crippen LogP contribution in [0.5, 0.6) is 5.75 Å². The van der Waals surface area contributed by atoms with Crippen molar-refractivity contribution < 1.29 is 9.53 Å². The molecule has 2 heterocycles. The van der Waals surface area contributed by atoms with Gasteiger partial charge in [-0.05, 0) is 47.7 Å². The van der Waals surface area contributed by atoms with Gasteiger partial charge in [0.05, 0.1) is 6.61 Å². The van der Waals surface area contributed by atoms with E-state index >= 15 is 0 Å². The van der Waals surface area contributed by atoms with Gasteiger partial charge in [-0.1, -0.05) is 36.5 Å². The maximum Gasteiger partial charge on any atom is 0.257 e. The van der Waals surface area contributed by atoms with E-state index in [9.17, 15) is 4.79 Å². The van der Waals surface area contributed by atoms with Crippen LogP contribution in [0, 0.1) is 0 Å². The molecule has 0 atom stereocenters. The lowest BCUT2D eigenvalue weighted by Crippen LogP contribution is -2.11. The SMILES string of the molecule is CCc1ccc(OCCc2nnc(NC(=O)c3ccc4cc[nH]c4c3)s2)cc1. The van der Waals surface area contributed by atoms with Crippen molar-refractivity contribution in [3.05, 3.63) is 70.9 Å². The van der Waals surface area contributed by atoms with Crippen LogP contribution >= 0.6 is 11.3 Å². The summed E-state index contributed by atoms with van der Waals surface area (Å²) in [4.78, 5) is 15.5. The minimum absolute atomic E-state index is 0.202. The molecule has 4 rings (SSSR count). The molecule has 142 valence electrons. The largest absolute Gasteiger partial charge is 0.493 e. The number of nitrogens with zero attached hydrogens (tertiary/aromatic N) is 2. The first-order valence-electron chi connectivity index (χ1n) is 9.14. The Bertz CT molecular complexity index is 1090. The second kappa shape index (κ2) is 8.22. The Labute approximate surface area is 166 Å². The molecular formula is C21H20N4O2S. The van der Waals surface area contributed by atoms with Gasteiger partial charge >= 0.3 is 0 Å². The third-order valence-corrected chi connectivity index (χ3v) is 5.32. The van der Waals surface area contributed by atoms with Crippen molar-refractivity contribution in [2.45, 2.75) is 19.8 Å². The minimum atomic E-state index is -0.202. The van der Waals surface area contributed by atoms with E-state index in [2.05, 4.69) is 39.6 Å². The zero-order chi connectivity index (χ0) is 19.3. The molecule has 2 aromatic carbocycles. The average Bonchev–Trinajstić information content (AvgIpc) is 3.37. The molecule has 0 radical (unpaired) electrons. The maximum atomic E-state index is 12.4. The highest BCUT2D eigenvalue weighted by molar-refractivity contribution is 7.15. The molecule has 0 bridgehead atoms. The molecular weight excluding hydrogens is 372 g/mol. The predicted octanol–water partition coefficient (Wildman–Crippen LogP) is 4.46. The van der Waals surface area contributed by atoms with Gasteiger partial charge in [0.1, 0.15) is 10.8 Å². The molecule has 0 spiro atoms. The van der Waals surface area contributed by atoms with Crippen molar-refractivity contribution >= 4 is 33.3 Å². The number of hydrogen-bond acceptors (Lipinski definition) is 5. The van der Waals surface area contributed by atoms with E-state index < -0.39 is 0 Å². The van der Waals surface area contributed by atoms with Gasteiger partial charge in [-0.3, -0.25) is 10.1 Å². The molecule has 0 saturated carbocycles. The van der Waals surface area contributed by atoms with E-state index in [1.54, 1.807) is 6.07 Å². The van der Waals surface area contributed by atoms with Crippen LogP contribution in [0.15, 0.2) is 54.7 Å². The van der Waals surface area contributed by atoms with E-state index in [1.807, 2.05) is 36.5 Å². The predicted molar refractivity (Wildman–Crippen MR) is 111 cm³/mol. The topological polar surface area (TPSA) is 79.9 Å². The van der Waals surface area contributed by atoms with E-state index in [1.165, 1.54) is 16.9 Å². The van der Waals surface area contributed by atoms with E-state index in [0.29, 0.717) is 23.7 Å². The third kappa shape index (κ3) is 4.20. The fourth-order valence-corrected chi connectivity index (χ4v) is 3.56. The number of H-pyrrole nitrogens is 1. The Morgan fingerprint density at radius 3 is 2.82 bits per heavy atom. The lowest BCUT2D eigenvalue weighted by Gasteiger charge is -2.05. The number of nitrogens with one attached hydrogen (secondary N) is 2. The van der Waals surface area contributed by atoms with E-state index in [4.69, 9.17) is 4.74 Å². The van der Waals surface area contributed by atoms with Crippen LogP contribution in [-0.2, 0) is 12.8 Å². The van der Waals surface area contributed by atoms with E-state index in [-0.39, 0.29) is 5.91 Å². The fraction of sp³-hybridized carbons (Fsp3) is 0.190. The Hall–Kier alpha value is -3.19. The summed E-state index contributed by atoms with van der Waals surface area (Å²) in [5, 5.41) is 13.4. The van der Waals surface area contributed by atoms with Gasteiger partial charge < -0.3 is 9.72 Å². The zero-order valence-electron chi connectivity index (χ0n) is 15.4. The third-order valence-electron chi connectivity index (χ3n) is 4.42. The number of fused-ring (bicyclic) bond motifs is 1. The van der Waals surface area contributed by atoms with Gasteiger partial charge in [-0.25, -0.2) is 0 Å². The number of hydrogen-bond donors (Lipinski definition) is 2. The number of aromatic amines is 1. The number of amides is 1. The standard InChI is InChI=1S/C21H20N4O2S/c1-2-14-3-7-17(8-4-14)27-12-10-19-24-25-21(28-19)23-20(26)16-6-5-15-9-11-22-18(15)13-16/h3-9,11,13,22H,2,10,12H2,1H3,(H,23,25,26). The van der Waals surface area contributed by atoms with Crippen LogP contribution in [0.3, 0.4) is 0 Å². The summed E-state index contributed by atoms with van der Waals surface area (Å²) < 4.78 is 5.75. The second-order valence-corrected chi connectivity index (χ2v) is 7.39. The first-order valence-corrected chi connectivity index (χ1v) is 9.95. The minimum Gasteiger partial charge on any atom is -0.493 e. The highest BCUT2D eigenvalue weighted by Gasteiger charge is 2.11. The lowest BCUT2D eigenvalue weighted by molar-refractivity contribution is 0.102. The van der Waals surface area contributed by atoms with Crippen molar-refractivity contribution in [3.8, 4) is 5.75 Å². The molecule has 6 nitrogen and oxygen atoms in total. The van der Waals surface area contributed by atoms with Gasteiger partial charge in [0.2, 0.25) is 5.13 Å². The Morgan fingerprint density at radius 2 is 2.00 bits per heavy atom. The molecule has 0 saturated heterocycles. The summed E-state index contributed by atoms with van der Waals surface area (Å²) in [5.41, 5.74) is 2.78. The number of carbonyl (C=O) groups excluding carboxylic acids is 1. The van der Waals surface area contributed by atoms with Crippen molar-refractivity contribution in [1.82, 2.24) is 15.2 Å². The molecule has 2 aromatic heterocycles. The fourth-order valence-electron chi connectivity index (χ4n) is 2.84. The summed E-state index contributed by atoms with van der Waals surface area (Å²) in [6, 6.07) is 15.6. The smallest absolute Gasteiger partial charge is 0.257 e. The van der Waals surface area contributed by atoms with Crippen molar-refractivity contribution in [3.63, 3.8) is 0 Å². The van der Waals surface area contributed by atoms with Gasteiger partial charge in [-0.15, -0.1) is 10.2 Å². The molecule has 0 aliphatic carbocycles. The number of ether oxygens (including phenoxy) is 1. The number of aryl methyl sites for hydroxylation is 1. The summed E-state index contributed by atoms with van der Waals surface area (Å²) in [5.74, 6) is 0.640. The number of aromatic nitrogens is 3.